The number of hydrogen-bond acceptors (Lipinski definition) is 4. The topological polar surface area (TPSA) is 60.2 Å². The monoisotopic (exact) mass is 350 g/mol. The molecule has 1 aliphatic rings. The maximum absolute atomic E-state index is 12.9. The number of fused-ring (bicyclic) bond motifs is 1. The number of rotatable bonds is 4. The van der Waals surface area contributed by atoms with E-state index in [9.17, 15) is 4.79 Å². The van der Waals surface area contributed by atoms with E-state index in [-0.39, 0.29) is 5.91 Å². The Balaban J connectivity index is 1.45. The fraction of sp³-hybridized carbons (Fsp3) is 0.350. The smallest absolute Gasteiger partial charge is 0.256 e. The van der Waals surface area contributed by atoms with Gasteiger partial charge in [0.2, 0.25) is 0 Å². The highest BCUT2D eigenvalue weighted by Crippen LogP contribution is 2.28. The van der Waals surface area contributed by atoms with Crippen LogP contribution < -0.4 is 0 Å². The lowest BCUT2D eigenvalue weighted by atomic mass is 10.0. The van der Waals surface area contributed by atoms with Crippen LogP contribution in [0.5, 0.6) is 0 Å². The Bertz CT molecular complexity index is 885. The van der Waals surface area contributed by atoms with E-state index in [1.807, 2.05) is 53.7 Å². The van der Waals surface area contributed by atoms with Gasteiger partial charge in [0.05, 0.1) is 6.33 Å². The van der Waals surface area contributed by atoms with E-state index in [0.29, 0.717) is 19.1 Å². The molecule has 1 fully saturated rings. The molecule has 1 saturated heterocycles. The van der Waals surface area contributed by atoms with Gasteiger partial charge in [0, 0.05) is 32.4 Å². The van der Waals surface area contributed by atoms with Gasteiger partial charge in [-0.05, 0) is 30.5 Å². The number of amides is 1. The number of hydrogen-bond donors (Lipinski definition) is 0. The maximum atomic E-state index is 12.9. The quantitative estimate of drug-likeness (QED) is 0.726. The molecule has 1 atom stereocenters. The summed E-state index contributed by atoms with van der Waals surface area (Å²) in [7, 11) is 1.59. The highest BCUT2D eigenvalue weighted by Gasteiger charge is 2.30. The highest BCUT2D eigenvalue weighted by molar-refractivity contribution is 5.82. The minimum Gasteiger partial charge on any atom is -0.367 e. The van der Waals surface area contributed by atoms with Crippen molar-refractivity contribution in [2.45, 2.75) is 25.0 Å². The Kier molecular flexibility index (Phi) is 4.67. The van der Waals surface area contributed by atoms with Crippen LogP contribution in [0.1, 0.15) is 30.6 Å². The van der Waals surface area contributed by atoms with Crippen LogP contribution >= 0.6 is 0 Å². The molecule has 1 unspecified atom stereocenters. The molecule has 0 aliphatic carbocycles. The fourth-order valence-electron chi connectivity index (χ4n) is 3.67. The van der Waals surface area contributed by atoms with E-state index < -0.39 is 6.10 Å². The molecule has 4 rings (SSSR count). The molecular weight excluding hydrogens is 328 g/mol. The molecule has 6 heteroatoms. The van der Waals surface area contributed by atoms with Crippen LogP contribution in [0.25, 0.3) is 11.2 Å². The number of carbonyl (C=O) groups excluding carboxylic acids is 1. The molecule has 1 aliphatic heterocycles. The number of aromatic nitrogens is 3. The molecular formula is C20H22N4O2. The lowest BCUT2D eigenvalue weighted by Crippen LogP contribution is -2.42. The van der Waals surface area contributed by atoms with Crippen LogP contribution in [0.4, 0.5) is 0 Å². The van der Waals surface area contributed by atoms with Crippen LogP contribution in [0, 0.1) is 0 Å². The Morgan fingerprint density at radius 3 is 2.62 bits per heavy atom. The Morgan fingerprint density at radius 1 is 1.12 bits per heavy atom. The minimum absolute atomic E-state index is 0.0331. The number of benzene rings is 1. The third kappa shape index (κ3) is 3.08. The Labute approximate surface area is 152 Å². The Hall–Kier alpha value is -2.73. The molecule has 1 amide bonds. The van der Waals surface area contributed by atoms with Crippen LogP contribution in [-0.2, 0) is 9.53 Å². The van der Waals surface area contributed by atoms with Crippen LogP contribution in [0.3, 0.4) is 0 Å². The normalized spacial score (nSPS) is 16.7. The number of piperidine rings is 1. The zero-order chi connectivity index (χ0) is 17.9. The van der Waals surface area contributed by atoms with Crippen LogP contribution in [0.15, 0.2) is 55.0 Å². The largest absolute Gasteiger partial charge is 0.367 e. The zero-order valence-electron chi connectivity index (χ0n) is 14.8. The molecule has 0 N–H and O–H groups in total. The summed E-state index contributed by atoms with van der Waals surface area (Å²) in [6, 6.07) is 13.8. The van der Waals surface area contributed by atoms with E-state index in [2.05, 4.69) is 14.5 Å². The first-order valence-electron chi connectivity index (χ1n) is 8.92. The standard InChI is InChI=1S/C20H22N4O2/c1-26-18(15-6-3-2-4-7-15)20(25)23-12-9-16(10-13-23)24-14-22-17-8-5-11-21-19(17)24/h2-8,11,14,16,18H,9-10,12-13H2,1H3. The van der Waals surface area contributed by atoms with Gasteiger partial charge in [-0.2, -0.15) is 0 Å². The summed E-state index contributed by atoms with van der Waals surface area (Å²) in [6.07, 6.45) is 4.89. The van der Waals surface area contributed by atoms with Gasteiger partial charge in [-0.15, -0.1) is 0 Å². The maximum Gasteiger partial charge on any atom is 0.256 e. The van der Waals surface area contributed by atoms with E-state index in [0.717, 1.165) is 29.6 Å². The number of likely N-dealkylation sites (tertiary alicyclic amines) is 1. The van der Waals surface area contributed by atoms with Crippen molar-refractivity contribution >= 4 is 17.1 Å². The first-order valence-corrected chi connectivity index (χ1v) is 8.92. The predicted molar refractivity (Wildman–Crippen MR) is 98.6 cm³/mol. The molecule has 134 valence electrons. The first kappa shape index (κ1) is 16.7. The number of ether oxygens (including phenoxy) is 1. The average molecular weight is 350 g/mol. The summed E-state index contributed by atoms with van der Waals surface area (Å²) in [6.45, 7) is 1.42. The molecule has 1 aromatic carbocycles. The molecule has 6 nitrogen and oxygen atoms in total. The third-order valence-corrected chi connectivity index (χ3v) is 5.06. The number of carbonyl (C=O) groups is 1. The molecule has 2 aromatic heterocycles. The van der Waals surface area contributed by atoms with Gasteiger partial charge in [0.1, 0.15) is 5.52 Å². The summed E-state index contributed by atoms with van der Waals surface area (Å²) in [5, 5.41) is 0. The number of methoxy groups -OCH3 is 1. The average Bonchev–Trinajstić information content (AvgIpc) is 3.13. The second-order valence-corrected chi connectivity index (χ2v) is 6.58. The fourth-order valence-corrected chi connectivity index (χ4v) is 3.67. The van der Waals surface area contributed by atoms with Crippen molar-refractivity contribution in [1.29, 1.82) is 0 Å². The molecule has 0 spiro atoms. The van der Waals surface area contributed by atoms with E-state index in [1.165, 1.54) is 0 Å². The van der Waals surface area contributed by atoms with Gasteiger partial charge in [-0.25, -0.2) is 9.97 Å². The molecule has 26 heavy (non-hydrogen) atoms. The predicted octanol–water partition coefficient (Wildman–Crippen LogP) is 2.98. The van der Waals surface area contributed by atoms with E-state index in [4.69, 9.17) is 4.74 Å². The summed E-state index contributed by atoms with van der Waals surface area (Å²) in [5.74, 6) is 0.0331. The van der Waals surface area contributed by atoms with Gasteiger partial charge in [-0.1, -0.05) is 30.3 Å². The molecule has 3 aromatic rings. The number of pyridine rings is 1. The summed E-state index contributed by atoms with van der Waals surface area (Å²) in [5.41, 5.74) is 2.72. The number of nitrogens with zero attached hydrogens (tertiary/aromatic N) is 4. The number of imidazole rings is 1. The van der Waals surface area contributed by atoms with E-state index >= 15 is 0 Å². The third-order valence-electron chi connectivity index (χ3n) is 5.06. The molecule has 3 heterocycles. The van der Waals surface area contributed by atoms with Crippen molar-refractivity contribution in [2.24, 2.45) is 0 Å². The summed E-state index contributed by atoms with van der Waals surface area (Å²) < 4.78 is 7.63. The van der Waals surface area contributed by atoms with E-state index in [1.54, 1.807) is 13.3 Å². The van der Waals surface area contributed by atoms with Crippen LogP contribution in [-0.4, -0.2) is 45.5 Å². The molecule has 0 radical (unpaired) electrons. The molecule has 0 saturated carbocycles. The van der Waals surface area contributed by atoms with Gasteiger partial charge in [0.25, 0.3) is 5.91 Å². The van der Waals surface area contributed by atoms with Crippen molar-refractivity contribution in [3.05, 3.63) is 60.6 Å². The van der Waals surface area contributed by atoms with Crippen molar-refractivity contribution in [3.8, 4) is 0 Å². The van der Waals surface area contributed by atoms with Crippen molar-refractivity contribution in [1.82, 2.24) is 19.4 Å². The SMILES string of the molecule is COC(C(=O)N1CCC(n2cnc3cccnc32)CC1)c1ccccc1. The van der Waals surface area contributed by atoms with Gasteiger partial charge >= 0.3 is 0 Å². The van der Waals surface area contributed by atoms with Gasteiger partial charge in [-0.3, -0.25) is 4.79 Å². The second-order valence-electron chi connectivity index (χ2n) is 6.58. The van der Waals surface area contributed by atoms with Crippen molar-refractivity contribution in [3.63, 3.8) is 0 Å². The minimum atomic E-state index is -0.538. The van der Waals surface area contributed by atoms with Crippen molar-refractivity contribution < 1.29 is 9.53 Å². The van der Waals surface area contributed by atoms with Crippen molar-refractivity contribution in [2.75, 3.05) is 20.2 Å². The van der Waals surface area contributed by atoms with Crippen LogP contribution in [0.2, 0.25) is 0 Å². The first-order chi connectivity index (χ1) is 12.8. The highest BCUT2D eigenvalue weighted by atomic mass is 16.5. The lowest BCUT2D eigenvalue weighted by molar-refractivity contribution is -0.143. The summed E-state index contributed by atoms with van der Waals surface area (Å²) >= 11 is 0. The summed E-state index contributed by atoms with van der Waals surface area (Å²) in [4.78, 5) is 23.7. The Morgan fingerprint density at radius 2 is 1.88 bits per heavy atom. The lowest BCUT2D eigenvalue weighted by Gasteiger charge is -2.34. The van der Waals surface area contributed by atoms with Gasteiger partial charge < -0.3 is 14.2 Å². The zero-order valence-corrected chi connectivity index (χ0v) is 14.8. The molecule has 0 bridgehead atoms. The van der Waals surface area contributed by atoms with Gasteiger partial charge in [0.15, 0.2) is 11.8 Å². The second kappa shape index (κ2) is 7.25.